The molecule has 0 spiro atoms. The van der Waals surface area contributed by atoms with Gasteiger partial charge >= 0.3 is 0 Å². The molecule has 1 heterocycles. The summed E-state index contributed by atoms with van der Waals surface area (Å²) in [6.45, 7) is 0. The van der Waals surface area contributed by atoms with Crippen LogP contribution in [0, 0.1) is 0 Å². The summed E-state index contributed by atoms with van der Waals surface area (Å²) in [6.07, 6.45) is 0. The maximum Gasteiger partial charge on any atom is 0.160 e. The fourth-order valence-electron chi connectivity index (χ4n) is 7.55. The molecule has 1 aliphatic carbocycles. The van der Waals surface area contributed by atoms with Crippen LogP contribution in [0.5, 0.6) is 0 Å². The van der Waals surface area contributed by atoms with Crippen molar-refractivity contribution in [2.75, 3.05) is 0 Å². The lowest BCUT2D eigenvalue weighted by atomic mass is 9.67. The number of fused-ring (bicyclic) bond motifs is 3. The smallest absolute Gasteiger partial charge is 0.160 e. The van der Waals surface area contributed by atoms with Gasteiger partial charge in [0.05, 0.1) is 16.8 Å². The van der Waals surface area contributed by atoms with Crippen molar-refractivity contribution in [1.82, 2.24) is 9.97 Å². The second-order valence-corrected chi connectivity index (χ2v) is 12.6. The molecular weight excluding hydrogens is 593 g/mol. The van der Waals surface area contributed by atoms with Crippen LogP contribution < -0.4 is 0 Å². The summed E-state index contributed by atoms with van der Waals surface area (Å²) >= 11 is 0. The Morgan fingerprint density at radius 3 is 1.33 bits per heavy atom. The van der Waals surface area contributed by atoms with E-state index in [0.29, 0.717) is 5.82 Å². The maximum atomic E-state index is 5.07. The summed E-state index contributed by atoms with van der Waals surface area (Å²) < 4.78 is 0. The van der Waals surface area contributed by atoms with Crippen LogP contribution >= 0.6 is 0 Å². The standard InChI is InChI=1S/C47H32N2/c1-4-15-34(16-5-1)44-32-45(35-17-6-2-7-18-35)49-46(48-44)37-20-14-19-36(31-37)33-27-29-39(30-28-33)47(38-21-8-3-9-22-38)42-25-12-10-23-40(42)41-24-11-13-26-43(41)47/h1-32H. The molecule has 0 radical (unpaired) electrons. The summed E-state index contributed by atoms with van der Waals surface area (Å²) in [5.74, 6) is 0.709. The summed E-state index contributed by atoms with van der Waals surface area (Å²) in [5.41, 5.74) is 14.6. The summed E-state index contributed by atoms with van der Waals surface area (Å²) in [5, 5.41) is 0. The molecule has 9 rings (SSSR count). The zero-order valence-corrected chi connectivity index (χ0v) is 26.9. The normalized spacial score (nSPS) is 12.7. The van der Waals surface area contributed by atoms with E-state index in [-0.39, 0.29) is 0 Å². The Morgan fingerprint density at radius 2 is 0.755 bits per heavy atom. The van der Waals surface area contributed by atoms with E-state index < -0.39 is 5.41 Å². The molecule has 0 aliphatic heterocycles. The van der Waals surface area contributed by atoms with Crippen molar-refractivity contribution in [3.05, 3.63) is 216 Å². The van der Waals surface area contributed by atoms with Crippen molar-refractivity contribution in [2.45, 2.75) is 5.41 Å². The third-order valence-corrected chi connectivity index (χ3v) is 9.80. The minimum absolute atomic E-state index is 0.408. The van der Waals surface area contributed by atoms with Crippen LogP contribution in [0.3, 0.4) is 0 Å². The first-order chi connectivity index (χ1) is 24.3. The van der Waals surface area contributed by atoms with E-state index in [9.17, 15) is 0 Å². The van der Waals surface area contributed by atoms with Crippen molar-refractivity contribution >= 4 is 0 Å². The lowest BCUT2D eigenvalue weighted by molar-refractivity contribution is 0.768. The molecule has 0 saturated heterocycles. The number of benzene rings is 7. The van der Waals surface area contributed by atoms with Crippen LogP contribution in [-0.2, 0) is 5.41 Å². The number of hydrogen-bond donors (Lipinski definition) is 0. The van der Waals surface area contributed by atoms with E-state index in [1.807, 2.05) is 36.4 Å². The highest BCUT2D eigenvalue weighted by atomic mass is 14.9. The lowest BCUT2D eigenvalue weighted by Crippen LogP contribution is -2.28. The molecule has 0 amide bonds. The molecular formula is C47H32N2. The van der Waals surface area contributed by atoms with E-state index in [4.69, 9.17) is 9.97 Å². The Bertz CT molecular complexity index is 2310. The molecule has 8 aromatic rings. The van der Waals surface area contributed by atoms with Gasteiger partial charge in [0.1, 0.15) is 0 Å². The Kier molecular flexibility index (Phi) is 7.06. The third-order valence-electron chi connectivity index (χ3n) is 9.80. The van der Waals surface area contributed by atoms with Crippen LogP contribution in [0.1, 0.15) is 22.3 Å². The Labute approximate surface area is 287 Å². The molecule has 0 fully saturated rings. The van der Waals surface area contributed by atoms with Crippen molar-refractivity contribution in [3.8, 4) is 56.2 Å². The number of aromatic nitrogens is 2. The highest BCUT2D eigenvalue weighted by Crippen LogP contribution is 2.56. The van der Waals surface area contributed by atoms with E-state index >= 15 is 0 Å². The minimum Gasteiger partial charge on any atom is -0.228 e. The van der Waals surface area contributed by atoms with Crippen LogP contribution in [0.4, 0.5) is 0 Å². The molecule has 7 aromatic carbocycles. The molecule has 1 aliphatic rings. The topological polar surface area (TPSA) is 25.8 Å². The monoisotopic (exact) mass is 624 g/mol. The molecule has 230 valence electrons. The molecule has 0 saturated carbocycles. The van der Waals surface area contributed by atoms with Crippen molar-refractivity contribution < 1.29 is 0 Å². The van der Waals surface area contributed by atoms with Crippen LogP contribution in [0.15, 0.2) is 194 Å². The molecule has 0 atom stereocenters. The second-order valence-electron chi connectivity index (χ2n) is 12.6. The highest BCUT2D eigenvalue weighted by molar-refractivity contribution is 5.86. The largest absolute Gasteiger partial charge is 0.228 e. The average molecular weight is 625 g/mol. The van der Waals surface area contributed by atoms with Gasteiger partial charge in [-0.25, -0.2) is 9.97 Å². The fourth-order valence-corrected chi connectivity index (χ4v) is 7.55. The zero-order valence-electron chi connectivity index (χ0n) is 26.9. The first kappa shape index (κ1) is 28.8. The minimum atomic E-state index is -0.408. The average Bonchev–Trinajstić information content (AvgIpc) is 3.50. The summed E-state index contributed by atoms with van der Waals surface area (Å²) in [6, 6.07) is 69.2. The predicted octanol–water partition coefficient (Wildman–Crippen LogP) is 11.5. The van der Waals surface area contributed by atoms with Crippen LogP contribution in [0.2, 0.25) is 0 Å². The quantitative estimate of drug-likeness (QED) is 0.184. The Morgan fingerprint density at radius 1 is 0.306 bits per heavy atom. The van der Waals surface area contributed by atoms with Crippen molar-refractivity contribution in [1.29, 1.82) is 0 Å². The molecule has 49 heavy (non-hydrogen) atoms. The van der Waals surface area contributed by atoms with E-state index in [1.165, 1.54) is 33.4 Å². The van der Waals surface area contributed by atoms with Gasteiger partial charge in [0.15, 0.2) is 5.82 Å². The van der Waals surface area contributed by atoms with E-state index in [2.05, 4.69) is 158 Å². The highest BCUT2D eigenvalue weighted by Gasteiger charge is 2.45. The number of rotatable bonds is 6. The Balaban J connectivity index is 1.15. The van der Waals surface area contributed by atoms with Crippen molar-refractivity contribution in [2.24, 2.45) is 0 Å². The van der Waals surface area contributed by atoms with Gasteiger partial charge in [-0.15, -0.1) is 0 Å². The Hall–Kier alpha value is -6.38. The third kappa shape index (κ3) is 4.89. The van der Waals surface area contributed by atoms with Gasteiger partial charge in [-0.3, -0.25) is 0 Å². The van der Waals surface area contributed by atoms with Gasteiger partial charge in [0, 0.05) is 16.7 Å². The van der Waals surface area contributed by atoms with Crippen LogP contribution in [0.25, 0.3) is 56.2 Å². The zero-order chi connectivity index (χ0) is 32.6. The van der Waals surface area contributed by atoms with Gasteiger partial charge in [0.25, 0.3) is 0 Å². The second kappa shape index (κ2) is 12.0. The molecule has 2 nitrogen and oxygen atoms in total. The molecule has 0 bridgehead atoms. The summed E-state index contributed by atoms with van der Waals surface area (Å²) in [4.78, 5) is 10.1. The maximum absolute atomic E-state index is 5.07. The van der Waals surface area contributed by atoms with Crippen molar-refractivity contribution in [3.63, 3.8) is 0 Å². The lowest BCUT2D eigenvalue weighted by Gasteiger charge is -2.34. The molecule has 0 N–H and O–H groups in total. The first-order valence-corrected chi connectivity index (χ1v) is 16.8. The SMILES string of the molecule is c1ccc(-c2cc(-c3ccccc3)nc(-c3cccc(-c4ccc(C5(c6ccccc6)c6ccccc6-c6ccccc65)cc4)c3)n2)cc1. The van der Waals surface area contributed by atoms with Gasteiger partial charge < -0.3 is 0 Å². The molecule has 0 unspecified atom stereocenters. The van der Waals surface area contributed by atoms with E-state index in [0.717, 1.165) is 39.2 Å². The molecule has 2 heteroatoms. The predicted molar refractivity (Wildman–Crippen MR) is 201 cm³/mol. The number of hydrogen-bond acceptors (Lipinski definition) is 2. The molecule has 1 aromatic heterocycles. The summed E-state index contributed by atoms with van der Waals surface area (Å²) in [7, 11) is 0. The van der Waals surface area contributed by atoms with Crippen LogP contribution in [-0.4, -0.2) is 9.97 Å². The fraction of sp³-hybridized carbons (Fsp3) is 0.0213. The van der Waals surface area contributed by atoms with E-state index in [1.54, 1.807) is 0 Å². The van der Waals surface area contributed by atoms with Gasteiger partial charge in [-0.05, 0) is 56.6 Å². The van der Waals surface area contributed by atoms with Gasteiger partial charge in [-0.1, -0.05) is 182 Å². The van der Waals surface area contributed by atoms with Gasteiger partial charge in [0.2, 0.25) is 0 Å². The first-order valence-electron chi connectivity index (χ1n) is 16.8. The van der Waals surface area contributed by atoms with Gasteiger partial charge in [-0.2, -0.15) is 0 Å². The number of nitrogens with zero attached hydrogens (tertiary/aromatic N) is 2.